The zero-order valence-electron chi connectivity index (χ0n) is 18.5. The molecule has 2 aliphatic rings. The fourth-order valence-electron chi connectivity index (χ4n) is 3.93. The molecule has 0 radical (unpaired) electrons. The van der Waals surface area contributed by atoms with Gasteiger partial charge >= 0.3 is 6.03 Å². The Morgan fingerprint density at radius 3 is 2.56 bits per heavy atom. The summed E-state index contributed by atoms with van der Waals surface area (Å²) in [5, 5.41) is 5.95. The van der Waals surface area contributed by atoms with E-state index in [2.05, 4.69) is 10.6 Å². The second kappa shape index (κ2) is 9.38. The smallest absolute Gasteiger partial charge is 0.321 e. The van der Waals surface area contributed by atoms with Crippen LogP contribution in [-0.2, 0) is 11.3 Å². The third-order valence-electron chi connectivity index (χ3n) is 6.08. The molecule has 2 aromatic rings. The second-order valence-corrected chi connectivity index (χ2v) is 8.37. The molecule has 2 heterocycles. The van der Waals surface area contributed by atoms with Gasteiger partial charge in [-0.25, -0.2) is 4.79 Å². The molecule has 0 bridgehead atoms. The summed E-state index contributed by atoms with van der Waals surface area (Å²) in [6, 6.07) is 12.8. The van der Waals surface area contributed by atoms with Crippen molar-refractivity contribution >= 4 is 17.6 Å². The van der Waals surface area contributed by atoms with Crippen LogP contribution in [0.1, 0.15) is 25.3 Å². The Hall–Kier alpha value is -3.42. The molecule has 3 amide bonds. The van der Waals surface area contributed by atoms with Gasteiger partial charge in [0.25, 0.3) is 0 Å². The molecule has 0 aromatic heterocycles. The number of carbonyl (C=O) groups is 2. The number of likely N-dealkylation sites (tertiary alicyclic amines) is 1. The summed E-state index contributed by atoms with van der Waals surface area (Å²) in [7, 11) is 1.62. The number of hydrogen-bond donors (Lipinski definition) is 2. The van der Waals surface area contributed by atoms with Gasteiger partial charge in [-0.1, -0.05) is 19.1 Å². The molecular weight excluding hydrogens is 410 g/mol. The van der Waals surface area contributed by atoms with Crippen LogP contribution in [0.4, 0.5) is 10.5 Å². The van der Waals surface area contributed by atoms with E-state index in [1.165, 1.54) is 0 Å². The lowest BCUT2D eigenvalue weighted by molar-refractivity contribution is -0.132. The zero-order chi connectivity index (χ0) is 22.6. The van der Waals surface area contributed by atoms with E-state index in [0.29, 0.717) is 62.9 Å². The Morgan fingerprint density at radius 2 is 1.81 bits per heavy atom. The first-order valence-corrected chi connectivity index (χ1v) is 10.8. The lowest BCUT2D eigenvalue weighted by Gasteiger charge is -2.38. The Morgan fingerprint density at radius 1 is 1.06 bits per heavy atom. The standard InChI is InChI=1S/C24H29N3O5/c1-24(22(28)25-16-17-4-3-5-19(14-17)30-2)8-10-27(11-9-24)23(29)26-18-6-7-20-21(15-18)32-13-12-31-20/h3-7,14-15H,8-13,16H2,1-2H3,(H,25,28)(H,26,29). The summed E-state index contributed by atoms with van der Waals surface area (Å²) in [5.41, 5.74) is 1.13. The van der Waals surface area contributed by atoms with Gasteiger partial charge in [-0.05, 0) is 42.7 Å². The highest BCUT2D eigenvalue weighted by Crippen LogP contribution is 2.34. The summed E-state index contributed by atoms with van der Waals surface area (Å²) in [5.74, 6) is 2.09. The number of amides is 3. The van der Waals surface area contributed by atoms with Crippen molar-refractivity contribution in [2.24, 2.45) is 5.41 Å². The van der Waals surface area contributed by atoms with Crippen molar-refractivity contribution in [1.29, 1.82) is 0 Å². The summed E-state index contributed by atoms with van der Waals surface area (Å²) in [6.45, 7) is 4.45. The van der Waals surface area contributed by atoms with E-state index in [0.717, 1.165) is 11.3 Å². The van der Waals surface area contributed by atoms with Gasteiger partial charge in [-0.15, -0.1) is 0 Å². The molecule has 8 nitrogen and oxygen atoms in total. The third-order valence-corrected chi connectivity index (χ3v) is 6.08. The van der Waals surface area contributed by atoms with Gasteiger partial charge < -0.3 is 29.7 Å². The molecule has 1 fully saturated rings. The molecule has 32 heavy (non-hydrogen) atoms. The molecule has 0 spiro atoms. The van der Waals surface area contributed by atoms with Gasteiger partial charge in [-0.2, -0.15) is 0 Å². The molecular formula is C24H29N3O5. The molecule has 2 aliphatic heterocycles. The van der Waals surface area contributed by atoms with Gasteiger partial charge in [0.15, 0.2) is 11.5 Å². The predicted molar refractivity (Wildman–Crippen MR) is 120 cm³/mol. The lowest BCUT2D eigenvalue weighted by Crippen LogP contribution is -2.49. The molecule has 2 aromatic carbocycles. The molecule has 0 aliphatic carbocycles. The maximum atomic E-state index is 12.9. The number of anilines is 1. The van der Waals surface area contributed by atoms with Crippen molar-refractivity contribution in [2.45, 2.75) is 26.3 Å². The van der Waals surface area contributed by atoms with E-state index >= 15 is 0 Å². The molecule has 2 N–H and O–H groups in total. The normalized spacial score (nSPS) is 16.8. The minimum atomic E-state index is -0.507. The monoisotopic (exact) mass is 439 g/mol. The number of nitrogens with one attached hydrogen (secondary N) is 2. The van der Waals surface area contributed by atoms with E-state index < -0.39 is 5.41 Å². The topological polar surface area (TPSA) is 89.1 Å². The van der Waals surface area contributed by atoms with Gasteiger partial charge in [0.1, 0.15) is 19.0 Å². The Kier molecular flexibility index (Phi) is 6.39. The second-order valence-electron chi connectivity index (χ2n) is 8.37. The van der Waals surface area contributed by atoms with Crippen LogP contribution in [-0.4, -0.2) is 50.3 Å². The number of benzene rings is 2. The SMILES string of the molecule is COc1cccc(CNC(=O)C2(C)CCN(C(=O)Nc3ccc4c(c3)OCCO4)CC2)c1. The van der Waals surface area contributed by atoms with Crippen LogP contribution in [0.25, 0.3) is 0 Å². The molecule has 1 saturated heterocycles. The van der Waals surface area contributed by atoms with Gasteiger partial charge in [0, 0.05) is 36.8 Å². The van der Waals surface area contributed by atoms with Gasteiger partial charge in [0.05, 0.1) is 7.11 Å². The number of rotatable bonds is 5. The molecule has 4 rings (SSSR count). The van der Waals surface area contributed by atoms with Crippen molar-refractivity contribution in [1.82, 2.24) is 10.2 Å². The minimum Gasteiger partial charge on any atom is -0.497 e. The van der Waals surface area contributed by atoms with Crippen LogP contribution >= 0.6 is 0 Å². The zero-order valence-corrected chi connectivity index (χ0v) is 18.5. The number of methoxy groups -OCH3 is 1. The Balaban J connectivity index is 1.28. The molecule has 0 saturated carbocycles. The lowest BCUT2D eigenvalue weighted by atomic mass is 9.79. The van der Waals surface area contributed by atoms with Crippen molar-refractivity contribution in [3.8, 4) is 17.2 Å². The van der Waals surface area contributed by atoms with Crippen LogP contribution in [0, 0.1) is 5.41 Å². The highest BCUT2D eigenvalue weighted by Gasteiger charge is 2.38. The fraction of sp³-hybridized carbons (Fsp3) is 0.417. The van der Waals surface area contributed by atoms with Crippen LogP contribution < -0.4 is 24.8 Å². The average molecular weight is 440 g/mol. The summed E-state index contributed by atoms with van der Waals surface area (Å²) < 4.78 is 16.3. The van der Waals surface area contributed by atoms with Crippen LogP contribution in [0.5, 0.6) is 17.2 Å². The molecule has 0 atom stereocenters. The number of carbonyl (C=O) groups excluding carboxylic acids is 2. The van der Waals surface area contributed by atoms with E-state index in [1.807, 2.05) is 31.2 Å². The van der Waals surface area contributed by atoms with E-state index in [9.17, 15) is 9.59 Å². The predicted octanol–water partition coefficient (Wildman–Crippen LogP) is 3.42. The fourth-order valence-corrected chi connectivity index (χ4v) is 3.93. The summed E-state index contributed by atoms with van der Waals surface area (Å²) >= 11 is 0. The third kappa shape index (κ3) is 4.90. The highest BCUT2D eigenvalue weighted by molar-refractivity contribution is 5.90. The maximum absolute atomic E-state index is 12.9. The van der Waals surface area contributed by atoms with Crippen molar-refractivity contribution in [3.05, 3.63) is 48.0 Å². The number of piperidine rings is 1. The number of hydrogen-bond acceptors (Lipinski definition) is 5. The highest BCUT2D eigenvalue weighted by atomic mass is 16.6. The Bertz CT molecular complexity index is 985. The van der Waals surface area contributed by atoms with Crippen LogP contribution in [0.15, 0.2) is 42.5 Å². The number of ether oxygens (including phenoxy) is 3. The summed E-state index contributed by atoms with van der Waals surface area (Å²) in [4.78, 5) is 27.3. The first-order valence-electron chi connectivity index (χ1n) is 10.8. The number of fused-ring (bicyclic) bond motifs is 1. The van der Waals surface area contributed by atoms with E-state index in [-0.39, 0.29) is 11.9 Å². The Labute approximate surface area is 187 Å². The van der Waals surface area contributed by atoms with Crippen molar-refractivity contribution < 1.29 is 23.8 Å². The minimum absolute atomic E-state index is 0.00668. The number of nitrogens with zero attached hydrogens (tertiary/aromatic N) is 1. The van der Waals surface area contributed by atoms with E-state index in [4.69, 9.17) is 14.2 Å². The van der Waals surface area contributed by atoms with Crippen molar-refractivity contribution in [3.63, 3.8) is 0 Å². The molecule has 170 valence electrons. The quantitative estimate of drug-likeness (QED) is 0.745. The average Bonchev–Trinajstić information content (AvgIpc) is 2.83. The molecule has 8 heteroatoms. The first kappa shape index (κ1) is 21.8. The van der Waals surface area contributed by atoms with Crippen LogP contribution in [0.3, 0.4) is 0 Å². The first-order chi connectivity index (χ1) is 15.5. The summed E-state index contributed by atoms with van der Waals surface area (Å²) in [6.07, 6.45) is 1.21. The van der Waals surface area contributed by atoms with Gasteiger partial charge in [0.2, 0.25) is 5.91 Å². The maximum Gasteiger partial charge on any atom is 0.321 e. The number of urea groups is 1. The largest absolute Gasteiger partial charge is 0.497 e. The van der Waals surface area contributed by atoms with Crippen molar-refractivity contribution in [2.75, 3.05) is 38.7 Å². The van der Waals surface area contributed by atoms with E-state index in [1.54, 1.807) is 30.2 Å². The molecule has 0 unspecified atom stereocenters. The van der Waals surface area contributed by atoms with Gasteiger partial charge in [-0.3, -0.25) is 4.79 Å². The van der Waals surface area contributed by atoms with Crippen LogP contribution in [0.2, 0.25) is 0 Å².